The molecular formula is C12H16F2N2O2. The highest BCUT2D eigenvalue weighted by Gasteiger charge is 2.12. The molecule has 1 rings (SSSR count). The predicted molar refractivity (Wildman–Crippen MR) is 63.2 cm³/mol. The molecule has 1 amide bonds. The van der Waals surface area contributed by atoms with Gasteiger partial charge in [0.2, 0.25) is 0 Å². The number of hydrogen-bond acceptors (Lipinski definition) is 3. The van der Waals surface area contributed by atoms with Crippen LogP contribution in [-0.4, -0.2) is 32.2 Å². The molecule has 0 saturated carbocycles. The highest BCUT2D eigenvalue weighted by atomic mass is 19.1. The van der Waals surface area contributed by atoms with E-state index in [0.717, 1.165) is 12.1 Å². The van der Waals surface area contributed by atoms with Gasteiger partial charge in [-0.25, -0.2) is 8.78 Å². The Hall–Kier alpha value is -1.53. The van der Waals surface area contributed by atoms with E-state index in [2.05, 4.69) is 5.32 Å². The molecule has 0 aliphatic carbocycles. The Bertz CT molecular complexity index is 413. The second kappa shape index (κ2) is 7.03. The van der Waals surface area contributed by atoms with Crippen molar-refractivity contribution in [1.29, 1.82) is 0 Å². The molecule has 0 bridgehead atoms. The number of methoxy groups -OCH3 is 1. The van der Waals surface area contributed by atoms with Crippen molar-refractivity contribution in [1.82, 2.24) is 5.32 Å². The van der Waals surface area contributed by atoms with Gasteiger partial charge in [0.25, 0.3) is 5.91 Å². The van der Waals surface area contributed by atoms with E-state index in [0.29, 0.717) is 25.6 Å². The monoisotopic (exact) mass is 258 g/mol. The number of rotatable bonds is 6. The van der Waals surface area contributed by atoms with E-state index >= 15 is 0 Å². The van der Waals surface area contributed by atoms with E-state index in [1.54, 1.807) is 0 Å². The predicted octanol–water partition coefficient (Wildman–Crippen LogP) is 1.06. The van der Waals surface area contributed by atoms with Crippen LogP contribution in [0.1, 0.15) is 16.8 Å². The van der Waals surface area contributed by atoms with Crippen molar-refractivity contribution in [3.05, 3.63) is 35.4 Å². The first-order valence-electron chi connectivity index (χ1n) is 5.52. The molecule has 0 radical (unpaired) electrons. The summed E-state index contributed by atoms with van der Waals surface area (Å²) in [5.41, 5.74) is 5.48. The van der Waals surface area contributed by atoms with Crippen molar-refractivity contribution in [3.63, 3.8) is 0 Å². The van der Waals surface area contributed by atoms with Crippen LogP contribution in [0, 0.1) is 11.6 Å². The SMILES string of the molecule is COCC(N)CCNC(=O)c1ccc(F)cc1F. The second-order valence-electron chi connectivity index (χ2n) is 3.88. The van der Waals surface area contributed by atoms with Crippen LogP contribution in [0.3, 0.4) is 0 Å². The van der Waals surface area contributed by atoms with Gasteiger partial charge in [0, 0.05) is 25.8 Å². The summed E-state index contributed by atoms with van der Waals surface area (Å²) < 4.78 is 30.8. The average Bonchev–Trinajstić information content (AvgIpc) is 2.29. The van der Waals surface area contributed by atoms with Gasteiger partial charge in [-0.05, 0) is 18.6 Å². The largest absolute Gasteiger partial charge is 0.383 e. The van der Waals surface area contributed by atoms with Gasteiger partial charge in [0.15, 0.2) is 0 Å². The average molecular weight is 258 g/mol. The Morgan fingerprint density at radius 3 is 2.83 bits per heavy atom. The number of nitrogens with two attached hydrogens (primary N) is 1. The molecule has 4 nitrogen and oxygen atoms in total. The molecule has 0 aromatic heterocycles. The van der Waals surface area contributed by atoms with Gasteiger partial charge in [0.1, 0.15) is 11.6 Å². The Labute approximate surface area is 104 Å². The van der Waals surface area contributed by atoms with E-state index in [9.17, 15) is 13.6 Å². The van der Waals surface area contributed by atoms with Crippen LogP contribution in [0.25, 0.3) is 0 Å². The molecule has 1 atom stereocenters. The molecule has 3 N–H and O–H groups in total. The molecule has 0 aliphatic heterocycles. The second-order valence-corrected chi connectivity index (χ2v) is 3.88. The number of ether oxygens (including phenoxy) is 1. The summed E-state index contributed by atoms with van der Waals surface area (Å²) in [5, 5.41) is 2.51. The van der Waals surface area contributed by atoms with Gasteiger partial charge in [-0.15, -0.1) is 0 Å². The molecule has 0 fully saturated rings. The third kappa shape index (κ3) is 4.38. The summed E-state index contributed by atoms with van der Waals surface area (Å²) in [5.74, 6) is -2.18. The molecule has 100 valence electrons. The van der Waals surface area contributed by atoms with Crippen molar-refractivity contribution in [3.8, 4) is 0 Å². The number of hydrogen-bond donors (Lipinski definition) is 2. The lowest BCUT2D eigenvalue weighted by atomic mass is 10.2. The zero-order chi connectivity index (χ0) is 13.5. The van der Waals surface area contributed by atoms with Gasteiger partial charge < -0.3 is 15.8 Å². The maximum Gasteiger partial charge on any atom is 0.254 e. The minimum atomic E-state index is -0.881. The van der Waals surface area contributed by atoms with Crippen LogP contribution in [-0.2, 0) is 4.74 Å². The molecular weight excluding hydrogens is 242 g/mol. The summed E-state index contributed by atoms with van der Waals surface area (Å²) in [6.45, 7) is 0.695. The van der Waals surface area contributed by atoms with Crippen molar-refractivity contribution < 1.29 is 18.3 Å². The van der Waals surface area contributed by atoms with Crippen molar-refractivity contribution >= 4 is 5.91 Å². The summed E-state index contributed by atoms with van der Waals surface area (Å²) in [4.78, 5) is 11.6. The van der Waals surface area contributed by atoms with Crippen molar-refractivity contribution in [2.75, 3.05) is 20.3 Å². The lowest BCUT2D eigenvalue weighted by Gasteiger charge is -2.11. The van der Waals surface area contributed by atoms with Gasteiger partial charge in [-0.1, -0.05) is 0 Å². The maximum atomic E-state index is 13.3. The fourth-order valence-electron chi connectivity index (χ4n) is 1.44. The zero-order valence-electron chi connectivity index (χ0n) is 10.1. The highest BCUT2D eigenvalue weighted by Crippen LogP contribution is 2.09. The normalized spacial score (nSPS) is 12.2. The quantitative estimate of drug-likeness (QED) is 0.802. The van der Waals surface area contributed by atoms with Gasteiger partial charge in [0.05, 0.1) is 12.2 Å². The fraction of sp³-hybridized carbons (Fsp3) is 0.417. The Morgan fingerprint density at radius 1 is 1.50 bits per heavy atom. The Morgan fingerprint density at radius 2 is 2.22 bits per heavy atom. The molecule has 1 aromatic carbocycles. The van der Waals surface area contributed by atoms with Crippen LogP contribution >= 0.6 is 0 Å². The first-order valence-corrected chi connectivity index (χ1v) is 5.52. The van der Waals surface area contributed by atoms with Crippen molar-refractivity contribution in [2.24, 2.45) is 5.73 Å². The molecule has 0 heterocycles. The van der Waals surface area contributed by atoms with Crippen LogP contribution < -0.4 is 11.1 Å². The lowest BCUT2D eigenvalue weighted by molar-refractivity contribution is 0.0946. The number of benzene rings is 1. The number of carbonyl (C=O) groups excluding carboxylic acids is 1. The van der Waals surface area contributed by atoms with Crippen LogP contribution in [0.15, 0.2) is 18.2 Å². The first kappa shape index (κ1) is 14.5. The summed E-state index contributed by atoms with van der Waals surface area (Å²) in [7, 11) is 1.53. The third-order valence-corrected chi connectivity index (χ3v) is 2.36. The molecule has 1 aromatic rings. The van der Waals surface area contributed by atoms with E-state index < -0.39 is 17.5 Å². The molecule has 0 saturated heterocycles. The number of carbonyl (C=O) groups is 1. The minimum absolute atomic E-state index is 0.184. The molecule has 18 heavy (non-hydrogen) atoms. The number of halogens is 2. The topological polar surface area (TPSA) is 64.3 Å². The van der Waals surface area contributed by atoms with E-state index in [1.807, 2.05) is 0 Å². The first-order chi connectivity index (χ1) is 8.54. The lowest BCUT2D eigenvalue weighted by Crippen LogP contribution is -2.33. The molecule has 0 aliphatic rings. The number of nitrogens with one attached hydrogen (secondary N) is 1. The molecule has 1 unspecified atom stereocenters. The Balaban J connectivity index is 2.45. The van der Waals surface area contributed by atoms with Gasteiger partial charge >= 0.3 is 0 Å². The smallest absolute Gasteiger partial charge is 0.254 e. The number of amides is 1. The van der Waals surface area contributed by atoms with E-state index in [1.165, 1.54) is 7.11 Å². The highest BCUT2D eigenvalue weighted by molar-refractivity contribution is 5.94. The Kier molecular flexibility index (Phi) is 5.67. The maximum absolute atomic E-state index is 13.3. The third-order valence-electron chi connectivity index (χ3n) is 2.36. The standard InChI is InChI=1S/C12H16F2N2O2/c1-18-7-9(15)4-5-16-12(17)10-3-2-8(13)6-11(10)14/h2-3,6,9H,4-5,7,15H2,1H3,(H,16,17). The fourth-order valence-corrected chi connectivity index (χ4v) is 1.44. The zero-order valence-corrected chi connectivity index (χ0v) is 10.1. The van der Waals surface area contributed by atoms with Crippen LogP contribution in [0.2, 0.25) is 0 Å². The van der Waals surface area contributed by atoms with Gasteiger partial charge in [-0.2, -0.15) is 0 Å². The summed E-state index contributed by atoms with van der Waals surface area (Å²) in [6, 6.07) is 2.63. The van der Waals surface area contributed by atoms with E-state index in [-0.39, 0.29) is 11.6 Å². The van der Waals surface area contributed by atoms with E-state index in [4.69, 9.17) is 10.5 Å². The summed E-state index contributed by atoms with van der Waals surface area (Å²) >= 11 is 0. The van der Waals surface area contributed by atoms with Crippen LogP contribution in [0.5, 0.6) is 0 Å². The van der Waals surface area contributed by atoms with Crippen molar-refractivity contribution in [2.45, 2.75) is 12.5 Å². The molecule has 0 spiro atoms. The molecule has 6 heteroatoms. The van der Waals surface area contributed by atoms with Crippen LogP contribution in [0.4, 0.5) is 8.78 Å². The van der Waals surface area contributed by atoms with Gasteiger partial charge in [-0.3, -0.25) is 4.79 Å². The summed E-state index contributed by atoms with van der Waals surface area (Å²) in [6.07, 6.45) is 0.516. The minimum Gasteiger partial charge on any atom is -0.383 e.